The van der Waals surface area contributed by atoms with Crippen molar-refractivity contribution in [3.05, 3.63) is 70.4 Å². The van der Waals surface area contributed by atoms with Gasteiger partial charge in [0.25, 0.3) is 11.8 Å². The van der Waals surface area contributed by atoms with Crippen LogP contribution in [0.4, 0.5) is 10.8 Å². The number of hydrogen-bond donors (Lipinski definition) is 2. The van der Waals surface area contributed by atoms with Crippen LogP contribution in [-0.2, 0) is 0 Å². The molecule has 0 bridgehead atoms. The van der Waals surface area contributed by atoms with Crippen LogP contribution >= 0.6 is 22.7 Å². The molecule has 29 heavy (non-hydrogen) atoms. The zero-order chi connectivity index (χ0) is 20.2. The number of rotatable bonds is 6. The summed E-state index contributed by atoms with van der Waals surface area (Å²) in [7, 11) is 0. The molecule has 2 N–H and O–H groups in total. The zero-order valence-corrected chi connectivity index (χ0v) is 17.1. The number of carbonyl (C=O) groups excluding carboxylic acids is 2. The molecule has 0 aliphatic carbocycles. The first-order valence-electron chi connectivity index (χ1n) is 8.92. The Kier molecular flexibility index (Phi) is 5.55. The largest absolute Gasteiger partial charge is 0.494 e. The summed E-state index contributed by atoms with van der Waals surface area (Å²) in [6.45, 7) is 2.53. The summed E-state index contributed by atoms with van der Waals surface area (Å²) < 4.78 is 6.44. The quantitative estimate of drug-likeness (QED) is 0.443. The van der Waals surface area contributed by atoms with Gasteiger partial charge in [-0.2, -0.15) is 0 Å². The number of benzene rings is 2. The zero-order valence-electron chi connectivity index (χ0n) is 15.5. The third kappa shape index (κ3) is 4.44. The van der Waals surface area contributed by atoms with Gasteiger partial charge < -0.3 is 10.1 Å². The first-order chi connectivity index (χ1) is 14.1. The third-order valence-corrected chi connectivity index (χ3v) is 5.84. The lowest BCUT2D eigenvalue weighted by Crippen LogP contribution is -2.13. The molecular formula is C21H17N3O3S2. The SMILES string of the molecule is CCOc1ccc2nc(NC(=O)c3ccc(NC(=O)c4cccs4)cc3)sc2c1. The molecule has 0 fully saturated rings. The second kappa shape index (κ2) is 8.42. The van der Waals surface area contributed by atoms with Gasteiger partial charge in [0.2, 0.25) is 0 Å². The molecule has 0 atom stereocenters. The van der Waals surface area contributed by atoms with Crippen molar-refractivity contribution in [2.45, 2.75) is 6.92 Å². The summed E-state index contributed by atoms with van der Waals surface area (Å²) in [5, 5.41) is 8.01. The highest BCUT2D eigenvalue weighted by Gasteiger charge is 2.12. The molecule has 0 aliphatic heterocycles. The third-order valence-electron chi connectivity index (χ3n) is 4.04. The Labute approximate surface area is 175 Å². The lowest BCUT2D eigenvalue weighted by molar-refractivity contribution is 0.102. The van der Waals surface area contributed by atoms with E-state index in [1.807, 2.05) is 36.6 Å². The number of amides is 2. The Morgan fingerprint density at radius 1 is 1.03 bits per heavy atom. The highest BCUT2D eigenvalue weighted by atomic mass is 32.1. The van der Waals surface area contributed by atoms with Gasteiger partial charge in [0.1, 0.15) is 5.75 Å². The highest BCUT2D eigenvalue weighted by Crippen LogP contribution is 2.29. The Morgan fingerprint density at radius 2 is 1.86 bits per heavy atom. The van der Waals surface area contributed by atoms with Crippen LogP contribution < -0.4 is 15.4 Å². The first kappa shape index (κ1) is 19.1. The van der Waals surface area contributed by atoms with E-state index in [4.69, 9.17) is 4.74 Å². The van der Waals surface area contributed by atoms with E-state index in [9.17, 15) is 9.59 Å². The fourth-order valence-electron chi connectivity index (χ4n) is 2.69. The van der Waals surface area contributed by atoms with Crippen molar-refractivity contribution >= 4 is 55.5 Å². The lowest BCUT2D eigenvalue weighted by atomic mass is 10.2. The van der Waals surface area contributed by atoms with E-state index >= 15 is 0 Å². The number of nitrogens with zero attached hydrogens (tertiary/aromatic N) is 1. The second-order valence-electron chi connectivity index (χ2n) is 6.04. The predicted molar refractivity (Wildman–Crippen MR) is 117 cm³/mol. The van der Waals surface area contributed by atoms with Crippen molar-refractivity contribution in [2.75, 3.05) is 17.2 Å². The van der Waals surface area contributed by atoms with Gasteiger partial charge in [-0.25, -0.2) is 4.98 Å². The van der Waals surface area contributed by atoms with E-state index < -0.39 is 0 Å². The molecule has 0 spiro atoms. The van der Waals surface area contributed by atoms with Crippen LogP contribution in [0.3, 0.4) is 0 Å². The molecule has 4 aromatic rings. The van der Waals surface area contributed by atoms with Gasteiger partial charge in [0.05, 0.1) is 21.7 Å². The van der Waals surface area contributed by atoms with E-state index in [0.717, 1.165) is 16.0 Å². The van der Waals surface area contributed by atoms with Gasteiger partial charge in [0.15, 0.2) is 5.13 Å². The molecule has 146 valence electrons. The van der Waals surface area contributed by atoms with Crippen LogP contribution in [-0.4, -0.2) is 23.4 Å². The van der Waals surface area contributed by atoms with Gasteiger partial charge in [0, 0.05) is 11.3 Å². The van der Waals surface area contributed by atoms with Crippen molar-refractivity contribution in [3.8, 4) is 5.75 Å². The topological polar surface area (TPSA) is 80.3 Å². The molecule has 0 aliphatic rings. The van der Waals surface area contributed by atoms with Crippen LogP contribution in [0.5, 0.6) is 5.75 Å². The van der Waals surface area contributed by atoms with Gasteiger partial charge in [-0.1, -0.05) is 17.4 Å². The molecule has 0 saturated heterocycles. The maximum absolute atomic E-state index is 12.5. The number of nitrogens with one attached hydrogen (secondary N) is 2. The molecule has 8 heteroatoms. The van der Waals surface area contributed by atoms with Gasteiger partial charge >= 0.3 is 0 Å². The van der Waals surface area contributed by atoms with Gasteiger partial charge in [-0.05, 0) is 60.8 Å². The minimum atomic E-state index is -0.259. The first-order valence-corrected chi connectivity index (χ1v) is 10.6. The van der Waals surface area contributed by atoms with Crippen molar-refractivity contribution in [2.24, 2.45) is 0 Å². The number of thiazole rings is 1. The summed E-state index contributed by atoms with van der Waals surface area (Å²) in [5.74, 6) is 0.352. The predicted octanol–water partition coefficient (Wildman–Crippen LogP) is 5.26. The van der Waals surface area contributed by atoms with Crippen molar-refractivity contribution in [1.29, 1.82) is 0 Å². The van der Waals surface area contributed by atoms with Crippen LogP contribution in [0.2, 0.25) is 0 Å². The molecule has 2 amide bonds. The van der Waals surface area contributed by atoms with Crippen LogP contribution in [0.25, 0.3) is 10.2 Å². The Balaban J connectivity index is 1.43. The lowest BCUT2D eigenvalue weighted by Gasteiger charge is -2.05. The number of ether oxygens (including phenoxy) is 1. The Morgan fingerprint density at radius 3 is 2.59 bits per heavy atom. The number of hydrogen-bond acceptors (Lipinski definition) is 6. The molecule has 2 aromatic carbocycles. The summed E-state index contributed by atoms with van der Waals surface area (Å²) >= 11 is 2.77. The average molecular weight is 424 g/mol. The number of fused-ring (bicyclic) bond motifs is 1. The second-order valence-corrected chi connectivity index (χ2v) is 8.02. The van der Waals surface area contributed by atoms with Crippen LogP contribution in [0.15, 0.2) is 60.0 Å². The average Bonchev–Trinajstić information content (AvgIpc) is 3.38. The monoisotopic (exact) mass is 423 g/mol. The Hall–Kier alpha value is -3.23. The van der Waals surface area contributed by atoms with Crippen molar-refractivity contribution in [1.82, 2.24) is 4.98 Å². The minimum Gasteiger partial charge on any atom is -0.494 e. The summed E-state index contributed by atoms with van der Waals surface area (Å²) in [6.07, 6.45) is 0. The highest BCUT2D eigenvalue weighted by molar-refractivity contribution is 7.22. The molecule has 0 radical (unpaired) electrons. The normalized spacial score (nSPS) is 10.7. The fraction of sp³-hybridized carbons (Fsp3) is 0.0952. The molecule has 2 heterocycles. The fourth-order valence-corrected chi connectivity index (χ4v) is 4.20. The minimum absolute atomic E-state index is 0.168. The van der Waals surface area contributed by atoms with Crippen LogP contribution in [0.1, 0.15) is 27.0 Å². The number of carbonyl (C=O) groups is 2. The number of thiophene rings is 1. The maximum atomic E-state index is 12.5. The van der Waals surface area contributed by atoms with E-state index in [-0.39, 0.29) is 11.8 Å². The Bertz CT molecular complexity index is 1150. The van der Waals surface area contributed by atoms with Crippen molar-refractivity contribution < 1.29 is 14.3 Å². The van der Waals surface area contributed by atoms with Crippen molar-refractivity contribution in [3.63, 3.8) is 0 Å². The van der Waals surface area contributed by atoms with Crippen LogP contribution in [0, 0.1) is 0 Å². The van der Waals surface area contributed by atoms with Gasteiger partial charge in [-0.3, -0.25) is 14.9 Å². The van der Waals surface area contributed by atoms with E-state index in [2.05, 4.69) is 15.6 Å². The molecular weight excluding hydrogens is 406 g/mol. The van der Waals surface area contributed by atoms with E-state index in [1.165, 1.54) is 22.7 Å². The number of aromatic nitrogens is 1. The molecule has 6 nitrogen and oxygen atoms in total. The summed E-state index contributed by atoms with van der Waals surface area (Å²) in [4.78, 5) is 29.7. The van der Waals surface area contributed by atoms with E-state index in [1.54, 1.807) is 30.3 Å². The summed E-state index contributed by atoms with van der Waals surface area (Å²) in [5.41, 5.74) is 1.91. The molecule has 4 rings (SSSR count). The molecule has 2 aromatic heterocycles. The van der Waals surface area contributed by atoms with Gasteiger partial charge in [-0.15, -0.1) is 11.3 Å². The number of anilines is 2. The smallest absolute Gasteiger partial charge is 0.265 e. The molecule has 0 unspecified atom stereocenters. The summed E-state index contributed by atoms with van der Waals surface area (Å²) in [6, 6.07) is 16.0. The van der Waals surface area contributed by atoms with E-state index in [0.29, 0.717) is 27.9 Å². The maximum Gasteiger partial charge on any atom is 0.265 e. The molecule has 0 saturated carbocycles. The standard InChI is InChI=1S/C21H17N3O3S2/c1-2-27-15-9-10-16-18(12-15)29-21(23-16)24-19(25)13-5-7-14(8-6-13)22-20(26)17-4-3-11-28-17/h3-12H,2H2,1H3,(H,22,26)(H,23,24,25).